The minimum atomic E-state index is -0.262. The van der Waals surface area contributed by atoms with Gasteiger partial charge in [0.2, 0.25) is 0 Å². The van der Waals surface area contributed by atoms with Crippen molar-refractivity contribution in [2.24, 2.45) is 0 Å². The summed E-state index contributed by atoms with van der Waals surface area (Å²) in [5, 5.41) is 0. The van der Waals surface area contributed by atoms with E-state index in [1.165, 1.54) is 6.92 Å². The largest absolute Gasteiger partial charge is 0.461 e. The lowest BCUT2D eigenvalue weighted by Crippen LogP contribution is -2.01. The van der Waals surface area contributed by atoms with Gasteiger partial charge in [0.05, 0.1) is 0 Å². The van der Waals surface area contributed by atoms with Crippen molar-refractivity contribution >= 4 is 5.97 Å². The summed E-state index contributed by atoms with van der Waals surface area (Å²) in [5.74, 6) is -0.262. The van der Waals surface area contributed by atoms with Crippen molar-refractivity contribution in [3.63, 3.8) is 0 Å². The Kier molecular flexibility index (Phi) is 3.63. The van der Waals surface area contributed by atoms with Gasteiger partial charge in [0.25, 0.3) is 0 Å². The highest BCUT2D eigenvalue weighted by Gasteiger charge is 2.01. The highest BCUT2D eigenvalue weighted by molar-refractivity contribution is 5.65. The van der Waals surface area contributed by atoms with Crippen molar-refractivity contribution in [3.8, 4) is 0 Å². The predicted molar refractivity (Wildman–Crippen MR) is 53.8 cm³/mol. The number of aromatic nitrogens is 1. The summed E-state index contributed by atoms with van der Waals surface area (Å²) in [6, 6.07) is 2.01. The number of aryl methyl sites for hydroxylation is 2. The maximum absolute atomic E-state index is 10.6. The van der Waals surface area contributed by atoms with E-state index in [-0.39, 0.29) is 5.97 Å². The Bertz CT molecular complexity index is 334. The molecule has 1 heterocycles. The molecule has 14 heavy (non-hydrogen) atoms. The van der Waals surface area contributed by atoms with E-state index in [0.717, 1.165) is 23.2 Å². The molecule has 1 rings (SSSR count). The fraction of sp³-hybridized carbons (Fsp3) is 0.455. The quantitative estimate of drug-likeness (QED) is 0.689. The number of carbonyl (C=O) groups excluding carboxylic acids is 1. The van der Waals surface area contributed by atoms with Gasteiger partial charge in [0, 0.05) is 24.4 Å². The fourth-order valence-corrected chi connectivity index (χ4v) is 1.30. The molecule has 0 aliphatic carbocycles. The molecule has 3 nitrogen and oxygen atoms in total. The van der Waals surface area contributed by atoms with Gasteiger partial charge in [0.1, 0.15) is 6.61 Å². The van der Waals surface area contributed by atoms with Gasteiger partial charge in [-0.05, 0) is 25.0 Å². The van der Waals surface area contributed by atoms with Crippen LogP contribution in [0.5, 0.6) is 0 Å². The van der Waals surface area contributed by atoms with Crippen LogP contribution in [0.15, 0.2) is 12.3 Å². The molecule has 0 aromatic carbocycles. The first-order valence-corrected chi connectivity index (χ1v) is 4.71. The van der Waals surface area contributed by atoms with E-state index in [2.05, 4.69) is 11.9 Å². The Balaban J connectivity index is 2.71. The van der Waals surface area contributed by atoms with Gasteiger partial charge in [-0.1, -0.05) is 6.92 Å². The molecular formula is C11H15NO2. The van der Waals surface area contributed by atoms with E-state index in [1.807, 2.05) is 13.0 Å². The highest BCUT2D eigenvalue weighted by Crippen LogP contribution is 2.09. The number of ether oxygens (including phenoxy) is 1. The topological polar surface area (TPSA) is 39.2 Å². The predicted octanol–water partition coefficient (Wildman–Crippen LogP) is 2.02. The van der Waals surface area contributed by atoms with Crippen LogP contribution in [0.1, 0.15) is 30.7 Å². The molecule has 0 aliphatic rings. The zero-order chi connectivity index (χ0) is 10.6. The third-order valence-electron chi connectivity index (χ3n) is 2.02. The zero-order valence-corrected chi connectivity index (χ0v) is 8.83. The van der Waals surface area contributed by atoms with Gasteiger partial charge in [-0.15, -0.1) is 0 Å². The number of hydrogen-bond acceptors (Lipinski definition) is 3. The Labute approximate surface area is 84.1 Å². The van der Waals surface area contributed by atoms with Crippen molar-refractivity contribution in [2.75, 3.05) is 0 Å². The summed E-state index contributed by atoms with van der Waals surface area (Å²) in [5.41, 5.74) is 3.18. The molecule has 0 unspecified atom stereocenters. The summed E-state index contributed by atoms with van der Waals surface area (Å²) < 4.78 is 4.88. The van der Waals surface area contributed by atoms with E-state index < -0.39 is 0 Å². The van der Waals surface area contributed by atoms with Crippen LogP contribution < -0.4 is 0 Å². The van der Waals surface area contributed by atoms with Crippen LogP contribution in [0.4, 0.5) is 0 Å². The minimum Gasteiger partial charge on any atom is -0.461 e. The van der Waals surface area contributed by atoms with Crippen LogP contribution >= 0.6 is 0 Å². The molecule has 1 aromatic rings. The smallest absolute Gasteiger partial charge is 0.302 e. The molecule has 3 heteroatoms. The van der Waals surface area contributed by atoms with Gasteiger partial charge in [-0.25, -0.2) is 0 Å². The standard InChI is InChI=1S/C11H15NO2/c1-4-11-8(2)5-10(6-12-11)7-14-9(3)13/h5-6H,4,7H2,1-3H3. The molecule has 0 amide bonds. The number of pyridine rings is 1. The Morgan fingerprint density at radius 3 is 2.79 bits per heavy atom. The summed E-state index contributed by atoms with van der Waals surface area (Å²) >= 11 is 0. The Hall–Kier alpha value is -1.38. The lowest BCUT2D eigenvalue weighted by atomic mass is 10.1. The third kappa shape index (κ3) is 2.83. The van der Waals surface area contributed by atoms with Gasteiger partial charge >= 0.3 is 5.97 Å². The molecular weight excluding hydrogens is 178 g/mol. The molecule has 0 fully saturated rings. The van der Waals surface area contributed by atoms with Gasteiger partial charge < -0.3 is 4.74 Å². The van der Waals surface area contributed by atoms with E-state index in [9.17, 15) is 4.79 Å². The second-order valence-corrected chi connectivity index (χ2v) is 3.24. The lowest BCUT2D eigenvalue weighted by Gasteiger charge is -2.05. The second kappa shape index (κ2) is 4.74. The summed E-state index contributed by atoms with van der Waals surface area (Å²) in [6.07, 6.45) is 2.69. The molecule has 0 atom stereocenters. The molecule has 0 bridgehead atoms. The van der Waals surface area contributed by atoms with Crippen LogP contribution in [0.25, 0.3) is 0 Å². The van der Waals surface area contributed by atoms with E-state index in [4.69, 9.17) is 4.74 Å². The molecule has 0 saturated carbocycles. The van der Waals surface area contributed by atoms with Crippen LogP contribution in [0.2, 0.25) is 0 Å². The van der Waals surface area contributed by atoms with Crippen LogP contribution in [-0.4, -0.2) is 11.0 Å². The third-order valence-corrected chi connectivity index (χ3v) is 2.02. The number of rotatable bonds is 3. The molecule has 0 radical (unpaired) electrons. The van der Waals surface area contributed by atoms with Crippen molar-refractivity contribution in [3.05, 3.63) is 29.1 Å². The van der Waals surface area contributed by atoms with Crippen LogP contribution in [0, 0.1) is 6.92 Å². The average molecular weight is 193 g/mol. The Morgan fingerprint density at radius 1 is 1.57 bits per heavy atom. The van der Waals surface area contributed by atoms with Gasteiger partial charge in [-0.3, -0.25) is 9.78 Å². The maximum atomic E-state index is 10.6. The first-order chi connectivity index (χ1) is 6.63. The summed E-state index contributed by atoms with van der Waals surface area (Å²) in [4.78, 5) is 14.9. The second-order valence-electron chi connectivity index (χ2n) is 3.24. The number of nitrogens with zero attached hydrogens (tertiary/aromatic N) is 1. The van der Waals surface area contributed by atoms with Crippen LogP contribution in [0.3, 0.4) is 0 Å². The van der Waals surface area contributed by atoms with Crippen molar-refractivity contribution in [1.82, 2.24) is 4.98 Å². The van der Waals surface area contributed by atoms with Crippen molar-refractivity contribution in [2.45, 2.75) is 33.8 Å². The molecule has 0 N–H and O–H groups in total. The maximum Gasteiger partial charge on any atom is 0.302 e. The van der Waals surface area contributed by atoms with Crippen molar-refractivity contribution < 1.29 is 9.53 Å². The number of carbonyl (C=O) groups is 1. The van der Waals surface area contributed by atoms with E-state index >= 15 is 0 Å². The average Bonchev–Trinajstić information content (AvgIpc) is 2.15. The van der Waals surface area contributed by atoms with E-state index in [1.54, 1.807) is 6.20 Å². The number of esters is 1. The first-order valence-electron chi connectivity index (χ1n) is 4.71. The minimum absolute atomic E-state index is 0.262. The Morgan fingerprint density at radius 2 is 2.29 bits per heavy atom. The first kappa shape index (κ1) is 10.7. The summed E-state index contributed by atoms with van der Waals surface area (Å²) in [7, 11) is 0. The monoisotopic (exact) mass is 193 g/mol. The highest BCUT2D eigenvalue weighted by atomic mass is 16.5. The molecule has 0 aliphatic heterocycles. The summed E-state index contributed by atoms with van der Waals surface area (Å²) in [6.45, 7) is 5.80. The number of hydrogen-bond donors (Lipinski definition) is 0. The van der Waals surface area contributed by atoms with Crippen LogP contribution in [-0.2, 0) is 22.6 Å². The lowest BCUT2D eigenvalue weighted by molar-refractivity contribution is -0.142. The molecule has 76 valence electrons. The van der Waals surface area contributed by atoms with Gasteiger partial charge in [-0.2, -0.15) is 0 Å². The molecule has 0 spiro atoms. The molecule has 1 aromatic heterocycles. The zero-order valence-electron chi connectivity index (χ0n) is 8.83. The van der Waals surface area contributed by atoms with Gasteiger partial charge in [0.15, 0.2) is 0 Å². The van der Waals surface area contributed by atoms with Crippen molar-refractivity contribution in [1.29, 1.82) is 0 Å². The SMILES string of the molecule is CCc1ncc(COC(C)=O)cc1C. The normalized spacial score (nSPS) is 9.93. The molecule has 0 saturated heterocycles. The fourth-order valence-electron chi connectivity index (χ4n) is 1.30. The van der Waals surface area contributed by atoms with E-state index in [0.29, 0.717) is 6.61 Å².